The highest BCUT2D eigenvalue weighted by Gasteiger charge is 2.46. The number of benzene rings is 2. The molecule has 1 heterocycles. The second-order valence-corrected chi connectivity index (χ2v) is 17.6. The maximum absolute atomic E-state index is 13.7. The second kappa shape index (κ2) is 13.3. The summed E-state index contributed by atoms with van der Waals surface area (Å²) >= 11 is 0. The van der Waals surface area contributed by atoms with Gasteiger partial charge in [-0.25, -0.2) is 4.68 Å². The van der Waals surface area contributed by atoms with Gasteiger partial charge in [-0.05, 0) is 67.6 Å². The molecule has 0 N–H and O–H groups in total. The SMILES string of the molecule is CCCCCOc1ccc(C(=O)[C@H]2CC[C@@H](Cn3nnc4ccccc4c3=O)[C@@H]2C(=O)OCC[Si](C)(C)C)cc1. The number of ether oxygens (including phenoxy) is 2. The molecule has 0 radical (unpaired) electrons. The summed E-state index contributed by atoms with van der Waals surface area (Å²) in [6, 6.07) is 15.1. The van der Waals surface area contributed by atoms with Crippen molar-refractivity contribution in [1.82, 2.24) is 15.0 Å². The molecule has 9 heteroatoms. The van der Waals surface area contributed by atoms with Gasteiger partial charge in [0.1, 0.15) is 11.3 Å². The van der Waals surface area contributed by atoms with Crippen LogP contribution in [0.1, 0.15) is 49.4 Å². The average Bonchev–Trinajstić information content (AvgIpc) is 3.35. The van der Waals surface area contributed by atoms with Gasteiger partial charge in [-0.3, -0.25) is 14.4 Å². The number of carbonyl (C=O) groups is 2. The summed E-state index contributed by atoms with van der Waals surface area (Å²) in [5.41, 5.74) is 0.832. The van der Waals surface area contributed by atoms with Crippen molar-refractivity contribution in [2.24, 2.45) is 17.8 Å². The third-order valence-corrected chi connectivity index (χ3v) is 9.39. The van der Waals surface area contributed by atoms with E-state index in [9.17, 15) is 14.4 Å². The maximum atomic E-state index is 13.7. The van der Waals surface area contributed by atoms with Gasteiger partial charge in [-0.2, -0.15) is 0 Å². The monoisotopic (exact) mass is 563 g/mol. The van der Waals surface area contributed by atoms with Gasteiger partial charge in [0, 0.05) is 19.6 Å². The Morgan fingerprint density at radius 3 is 2.48 bits per heavy atom. The number of carbonyl (C=O) groups excluding carboxylic acids is 2. The van der Waals surface area contributed by atoms with Gasteiger partial charge in [0.25, 0.3) is 5.56 Å². The normalized spacial score (nSPS) is 19.1. The van der Waals surface area contributed by atoms with Crippen molar-refractivity contribution in [2.75, 3.05) is 13.2 Å². The van der Waals surface area contributed by atoms with Crippen molar-refractivity contribution >= 4 is 30.7 Å². The molecule has 8 nitrogen and oxygen atoms in total. The van der Waals surface area contributed by atoms with Gasteiger partial charge >= 0.3 is 5.97 Å². The number of unbranched alkanes of at least 4 members (excludes halogenated alkanes) is 2. The first-order chi connectivity index (χ1) is 19.2. The Labute approximate surface area is 237 Å². The summed E-state index contributed by atoms with van der Waals surface area (Å²) in [6.45, 7) is 10.0. The van der Waals surface area contributed by atoms with Crippen LogP contribution in [-0.2, 0) is 16.1 Å². The highest BCUT2D eigenvalue weighted by molar-refractivity contribution is 6.76. The summed E-state index contributed by atoms with van der Waals surface area (Å²) in [6.07, 6.45) is 4.40. The largest absolute Gasteiger partial charge is 0.494 e. The minimum Gasteiger partial charge on any atom is -0.494 e. The minimum absolute atomic E-state index is 0.0795. The molecule has 2 aromatic carbocycles. The fourth-order valence-electron chi connectivity index (χ4n) is 5.33. The fourth-order valence-corrected chi connectivity index (χ4v) is 6.04. The molecule has 1 fully saturated rings. The topological polar surface area (TPSA) is 100 Å². The molecule has 1 aromatic heterocycles. The Morgan fingerprint density at radius 2 is 1.75 bits per heavy atom. The molecule has 0 saturated heterocycles. The van der Waals surface area contributed by atoms with Gasteiger partial charge in [-0.1, -0.05) is 56.8 Å². The Bertz CT molecular complexity index is 1370. The molecule has 0 spiro atoms. The fraction of sp³-hybridized carbons (Fsp3) is 0.516. The first kappa shape index (κ1) is 29.6. The van der Waals surface area contributed by atoms with Gasteiger partial charge in [-0.15, -0.1) is 5.10 Å². The van der Waals surface area contributed by atoms with Crippen LogP contribution in [0.2, 0.25) is 25.7 Å². The zero-order chi connectivity index (χ0) is 28.7. The first-order valence-corrected chi connectivity index (χ1v) is 18.1. The van der Waals surface area contributed by atoms with Crippen LogP contribution in [0.25, 0.3) is 10.9 Å². The zero-order valence-corrected chi connectivity index (χ0v) is 25.1. The lowest BCUT2D eigenvalue weighted by Gasteiger charge is -2.24. The maximum Gasteiger partial charge on any atom is 0.310 e. The standard InChI is InChI=1S/C31H41N3O5Si/c1-5-6-9-18-38-24-15-12-22(13-16-24)29(35)26-17-14-23(28(26)31(37)39-19-20-40(2,3)4)21-34-30(36)25-10-7-8-11-27(25)32-33-34/h7-8,10-13,15-16,23,26,28H,5-6,9,14,17-21H2,1-4H3/t23-,26-,28-/m0/s1. The number of Topliss-reactive ketones (excluding diaryl/α,β-unsaturated/α-hetero) is 1. The number of ketones is 1. The molecule has 0 unspecified atom stereocenters. The van der Waals surface area contributed by atoms with Crippen LogP contribution >= 0.6 is 0 Å². The van der Waals surface area contributed by atoms with E-state index in [1.54, 1.807) is 30.3 Å². The highest BCUT2D eigenvalue weighted by Crippen LogP contribution is 2.41. The van der Waals surface area contributed by atoms with Crippen LogP contribution in [0.15, 0.2) is 53.3 Å². The number of aromatic nitrogens is 3. The van der Waals surface area contributed by atoms with E-state index >= 15 is 0 Å². The van der Waals surface area contributed by atoms with E-state index in [1.165, 1.54) is 4.68 Å². The third kappa shape index (κ3) is 7.44. The summed E-state index contributed by atoms with van der Waals surface area (Å²) in [5.74, 6) is -1.15. The van der Waals surface area contributed by atoms with Crippen molar-refractivity contribution in [3.8, 4) is 5.75 Å². The lowest BCUT2D eigenvalue weighted by atomic mass is 9.84. The molecule has 1 aliphatic carbocycles. The number of nitrogens with zero attached hydrogens (tertiary/aromatic N) is 3. The summed E-state index contributed by atoms with van der Waals surface area (Å²) in [7, 11) is -1.41. The van der Waals surface area contributed by atoms with Crippen molar-refractivity contribution < 1.29 is 19.1 Å². The molecule has 0 bridgehead atoms. The van der Waals surface area contributed by atoms with E-state index in [0.717, 1.165) is 31.1 Å². The van der Waals surface area contributed by atoms with Crippen molar-refractivity contribution in [3.63, 3.8) is 0 Å². The van der Waals surface area contributed by atoms with Gasteiger partial charge < -0.3 is 9.47 Å². The van der Waals surface area contributed by atoms with E-state index in [4.69, 9.17) is 9.47 Å². The Morgan fingerprint density at radius 1 is 1.00 bits per heavy atom. The molecule has 0 aliphatic heterocycles. The number of fused-ring (bicyclic) bond motifs is 1. The van der Waals surface area contributed by atoms with E-state index in [1.807, 2.05) is 18.2 Å². The number of rotatable bonds is 13. The summed E-state index contributed by atoms with van der Waals surface area (Å²) in [5, 5.41) is 8.82. The summed E-state index contributed by atoms with van der Waals surface area (Å²) in [4.78, 5) is 40.3. The van der Waals surface area contributed by atoms with Crippen molar-refractivity contribution in [2.45, 2.75) is 71.3 Å². The third-order valence-electron chi connectivity index (χ3n) is 7.69. The Hall–Kier alpha value is -3.33. The Kier molecular flexibility index (Phi) is 9.89. The minimum atomic E-state index is -1.41. The number of hydrogen-bond donors (Lipinski definition) is 0. The predicted molar refractivity (Wildman–Crippen MR) is 158 cm³/mol. The lowest BCUT2D eigenvalue weighted by molar-refractivity contribution is -0.150. The van der Waals surface area contributed by atoms with Crippen LogP contribution < -0.4 is 10.3 Å². The van der Waals surface area contributed by atoms with Gasteiger partial charge in [0.15, 0.2) is 5.78 Å². The summed E-state index contributed by atoms with van der Waals surface area (Å²) < 4.78 is 12.9. The van der Waals surface area contributed by atoms with E-state index in [2.05, 4.69) is 36.9 Å². The number of hydrogen-bond acceptors (Lipinski definition) is 7. The van der Waals surface area contributed by atoms with Crippen LogP contribution in [0.4, 0.5) is 0 Å². The molecule has 214 valence electrons. The van der Waals surface area contributed by atoms with Gasteiger partial charge in [0.05, 0.1) is 31.1 Å². The van der Waals surface area contributed by atoms with E-state index in [-0.39, 0.29) is 29.8 Å². The van der Waals surface area contributed by atoms with Crippen LogP contribution in [-0.4, -0.2) is 48.0 Å². The lowest BCUT2D eigenvalue weighted by Crippen LogP contribution is -2.36. The van der Waals surface area contributed by atoms with Crippen LogP contribution in [0.5, 0.6) is 5.75 Å². The zero-order valence-electron chi connectivity index (χ0n) is 24.1. The second-order valence-electron chi connectivity index (χ2n) is 12.0. The molecule has 4 rings (SSSR count). The first-order valence-electron chi connectivity index (χ1n) is 14.4. The highest BCUT2D eigenvalue weighted by atomic mass is 28.3. The van der Waals surface area contributed by atoms with Crippen LogP contribution in [0, 0.1) is 17.8 Å². The smallest absolute Gasteiger partial charge is 0.310 e. The molecular formula is C31H41N3O5Si. The molecule has 3 atom stereocenters. The average molecular weight is 564 g/mol. The van der Waals surface area contributed by atoms with Crippen LogP contribution in [0.3, 0.4) is 0 Å². The van der Waals surface area contributed by atoms with E-state index < -0.39 is 19.9 Å². The molecule has 3 aromatic rings. The number of esters is 1. The Balaban J connectivity index is 1.53. The quantitative estimate of drug-likeness (QED) is 0.113. The molecule has 0 amide bonds. The molecule has 40 heavy (non-hydrogen) atoms. The predicted octanol–water partition coefficient (Wildman–Crippen LogP) is 5.77. The van der Waals surface area contributed by atoms with E-state index in [0.29, 0.717) is 42.5 Å². The molecular weight excluding hydrogens is 522 g/mol. The molecule has 1 aliphatic rings. The van der Waals surface area contributed by atoms with Crippen molar-refractivity contribution in [3.05, 3.63) is 64.4 Å². The van der Waals surface area contributed by atoms with Gasteiger partial charge in [0.2, 0.25) is 0 Å². The molecule has 1 saturated carbocycles. The van der Waals surface area contributed by atoms with Crippen molar-refractivity contribution in [1.29, 1.82) is 0 Å².